The lowest BCUT2D eigenvalue weighted by molar-refractivity contribution is -0.120. The maximum atomic E-state index is 12.4. The van der Waals surface area contributed by atoms with Gasteiger partial charge in [0.15, 0.2) is 0 Å². The minimum atomic E-state index is -3.48. The molecule has 0 bridgehead atoms. The van der Waals surface area contributed by atoms with Gasteiger partial charge in [-0.15, -0.1) is 0 Å². The van der Waals surface area contributed by atoms with Crippen LogP contribution in [0, 0.1) is 11.8 Å². The van der Waals surface area contributed by atoms with Gasteiger partial charge in [0.2, 0.25) is 15.9 Å². The predicted octanol–water partition coefficient (Wildman–Crippen LogP) is 2.51. The zero-order chi connectivity index (χ0) is 14.2. The average molecular weight is 297 g/mol. The van der Waals surface area contributed by atoms with E-state index in [2.05, 4.69) is 16.9 Å². The summed E-state index contributed by atoms with van der Waals surface area (Å²) in [4.78, 5) is 12.0. The van der Waals surface area contributed by atoms with Crippen LogP contribution < -0.4 is 4.72 Å². The normalized spacial score (nSPS) is 37.3. The van der Waals surface area contributed by atoms with E-state index in [1.807, 2.05) is 0 Å². The van der Waals surface area contributed by atoms with Gasteiger partial charge in [-0.2, -0.15) is 0 Å². The lowest BCUT2D eigenvalue weighted by Gasteiger charge is -2.17. The Morgan fingerprint density at radius 3 is 2.60 bits per heavy atom. The van der Waals surface area contributed by atoms with Gasteiger partial charge in [0.1, 0.15) is 0 Å². The smallest absolute Gasteiger partial charge is 0.240 e. The maximum absolute atomic E-state index is 12.4. The Labute approximate surface area is 121 Å². The number of hydrogen-bond acceptors (Lipinski definition) is 3. The van der Waals surface area contributed by atoms with Gasteiger partial charge in [-0.05, 0) is 44.4 Å². The molecule has 0 aromatic carbocycles. The van der Waals surface area contributed by atoms with Gasteiger partial charge < -0.3 is 0 Å². The molecule has 1 spiro atoms. The van der Waals surface area contributed by atoms with Crippen LogP contribution in [-0.4, -0.2) is 19.1 Å². The summed E-state index contributed by atoms with van der Waals surface area (Å²) in [6.07, 6.45) is 12.6. The molecular weight excluding hydrogens is 274 g/mol. The Kier molecular flexibility index (Phi) is 3.65. The second-order valence-corrected chi connectivity index (χ2v) is 8.62. The molecule has 0 aromatic rings. The van der Waals surface area contributed by atoms with Crippen molar-refractivity contribution < 1.29 is 13.2 Å². The quantitative estimate of drug-likeness (QED) is 0.699. The molecule has 112 valence electrons. The number of sulfonamides is 1. The first-order valence-electron chi connectivity index (χ1n) is 7.77. The van der Waals surface area contributed by atoms with Gasteiger partial charge in [-0.3, -0.25) is 9.52 Å². The second-order valence-electron chi connectivity index (χ2n) is 6.54. The highest BCUT2D eigenvalue weighted by molar-refractivity contribution is 7.91. The van der Waals surface area contributed by atoms with E-state index in [0.717, 1.165) is 25.7 Å². The summed E-state index contributed by atoms with van der Waals surface area (Å²) in [5.74, 6) is -0.161. The number of allylic oxidation sites excluding steroid dienone is 2. The van der Waals surface area contributed by atoms with E-state index in [1.54, 1.807) is 0 Å². The summed E-state index contributed by atoms with van der Waals surface area (Å²) in [7, 11) is -3.48. The fourth-order valence-electron chi connectivity index (χ4n) is 3.17. The van der Waals surface area contributed by atoms with E-state index in [-0.39, 0.29) is 17.7 Å². The van der Waals surface area contributed by atoms with Crippen molar-refractivity contribution in [3.8, 4) is 0 Å². The molecule has 1 aliphatic heterocycles. The second kappa shape index (κ2) is 5.17. The van der Waals surface area contributed by atoms with E-state index < -0.39 is 14.8 Å². The molecule has 0 saturated heterocycles. The lowest BCUT2D eigenvalue weighted by atomic mass is 10.1. The number of rotatable bonds is 0. The summed E-state index contributed by atoms with van der Waals surface area (Å²) in [6.45, 7) is 0. The maximum Gasteiger partial charge on any atom is 0.240 e. The van der Waals surface area contributed by atoms with Crippen molar-refractivity contribution in [2.24, 2.45) is 11.8 Å². The van der Waals surface area contributed by atoms with E-state index >= 15 is 0 Å². The molecule has 2 fully saturated rings. The summed E-state index contributed by atoms with van der Waals surface area (Å²) in [5.41, 5.74) is 0. The Hall–Kier alpha value is -0.840. The molecule has 3 rings (SSSR count). The summed E-state index contributed by atoms with van der Waals surface area (Å²) >= 11 is 0. The van der Waals surface area contributed by atoms with Crippen molar-refractivity contribution in [2.75, 3.05) is 0 Å². The first-order valence-corrected chi connectivity index (χ1v) is 9.25. The zero-order valence-electron chi connectivity index (χ0n) is 11.8. The highest BCUT2D eigenvalue weighted by Crippen LogP contribution is 2.48. The number of amides is 1. The molecule has 0 aromatic heterocycles. The Bertz CT molecular complexity index is 519. The summed E-state index contributed by atoms with van der Waals surface area (Å²) in [6, 6.07) is 0. The van der Waals surface area contributed by atoms with Crippen LogP contribution in [0.25, 0.3) is 0 Å². The highest BCUT2D eigenvalue weighted by Gasteiger charge is 2.55. The van der Waals surface area contributed by atoms with Crippen LogP contribution in [0.3, 0.4) is 0 Å². The fourth-order valence-corrected chi connectivity index (χ4v) is 4.86. The van der Waals surface area contributed by atoms with Crippen LogP contribution in [0.5, 0.6) is 0 Å². The van der Waals surface area contributed by atoms with Crippen LogP contribution >= 0.6 is 0 Å². The minimum Gasteiger partial charge on any atom is -0.274 e. The molecular formula is C15H23NO3S. The number of hydrogen-bond donors (Lipinski definition) is 1. The monoisotopic (exact) mass is 297 g/mol. The Morgan fingerprint density at radius 1 is 1.10 bits per heavy atom. The van der Waals surface area contributed by atoms with Crippen LogP contribution in [0.15, 0.2) is 12.2 Å². The summed E-state index contributed by atoms with van der Waals surface area (Å²) in [5, 5.41) is 0. The third-order valence-electron chi connectivity index (χ3n) is 4.93. The van der Waals surface area contributed by atoms with E-state index in [0.29, 0.717) is 19.3 Å². The van der Waals surface area contributed by atoms with Gasteiger partial charge in [0.05, 0.1) is 4.75 Å². The Balaban J connectivity index is 1.72. The van der Waals surface area contributed by atoms with Crippen LogP contribution in [0.2, 0.25) is 0 Å². The molecule has 20 heavy (non-hydrogen) atoms. The van der Waals surface area contributed by atoms with E-state index in [1.165, 1.54) is 12.8 Å². The Morgan fingerprint density at radius 2 is 1.85 bits per heavy atom. The van der Waals surface area contributed by atoms with Crippen molar-refractivity contribution in [1.29, 1.82) is 0 Å². The van der Waals surface area contributed by atoms with Gasteiger partial charge in [0, 0.05) is 5.92 Å². The van der Waals surface area contributed by atoms with Crippen molar-refractivity contribution in [2.45, 2.75) is 62.5 Å². The van der Waals surface area contributed by atoms with Crippen LogP contribution in [0.1, 0.15) is 57.8 Å². The first kappa shape index (κ1) is 14.1. The molecule has 0 unspecified atom stereocenters. The largest absolute Gasteiger partial charge is 0.274 e. The average Bonchev–Trinajstić information content (AvgIpc) is 3.24. The van der Waals surface area contributed by atoms with Crippen molar-refractivity contribution >= 4 is 15.9 Å². The first-order chi connectivity index (χ1) is 9.54. The SMILES string of the molecule is O=C1NS(=O)(=O)C2(CCCCCC/C=C/[C@@H]3C[C@H]13)CC2. The van der Waals surface area contributed by atoms with Gasteiger partial charge in [-0.1, -0.05) is 31.4 Å². The topological polar surface area (TPSA) is 63.2 Å². The molecule has 5 heteroatoms. The minimum absolute atomic E-state index is 0.125. The number of carbonyl (C=O) groups excluding carboxylic acids is 1. The molecule has 2 aliphatic carbocycles. The fraction of sp³-hybridized carbons (Fsp3) is 0.800. The molecule has 1 amide bonds. The zero-order valence-corrected chi connectivity index (χ0v) is 12.6. The molecule has 3 aliphatic rings. The predicted molar refractivity (Wildman–Crippen MR) is 77.5 cm³/mol. The third-order valence-corrected chi connectivity index (χ3v) is 7.15. The molecule has 1 heterocycles. The number of carbonyl (C=O) groups is 1. The van der Waals surface area contributed by atoms with Crippen LogP contribution in [-0.2, 0) is 14.8 Å². The van der Waals surface area contributed by atoms with Crippen molar-refractivity contribution in [1.82, 2.24) is 4.72 Å². The molecule has 2 saturated carbocycles. The molecule has 0 radical (unpaired) electrons. The highest BCUT2D eigenvalue weighted by atomic mass is 32.2. The molecule has 4 nitrogen and oxygen atoms in total. The van der Waals surface area contributed by atoms with Gasteiger partial charge >= 0.3 is 0 Å². The lowest BCUT2D eigenvalue weighted by Crippen LogP contribution is -2.40. The van der Waals surface area contributed by atoms with E-state index in [4.69, 9.17) is 0 Å². The third kappa shape index (κ3) is 2.78. The number of nitrogens with one attached hydrogen (secondary N) is 1. The van der Waals surface area contributed by atoms with Crippen LogP contribution in [0.4, 0.5) is 0 Å². The van der Waals surface area contributed by atoms with Gasteiger partial charge in [0.25, 0.3) is 0 Å². The standard InChI is InChI=1S/C15H23NO3S/c17-14-13-11-12(13)7-5-3-1-2-4-6-8-15(9-10-15)20(18,19)16-14/h5,7,12-13H,1-4,6,8-11H2,(H,16,17)/b7-5+/t12-,13+/m1/s1. The van der Waals surface area contributed by atoms with E-state index in [9.17, 15) is 13.2 Å². The van der Waals surface area contributed by atoms with Gasteiger partial charge in [-0.25, -0.2) is 8.42 Å². The number of fused-ring (bicyclic) bond motifs is 1. The molecule has 2 atom stereocenters. The molecule has 1 N–H and O–H groups in total. The summed E-state index contributed by atoms with van der Waals surface area (Å²) < 4.78 is 26.5. The van der Waals surface area contributed by atoms with Crippen molar-refractivity contribution in [3.63, 3.8) is 0 Å². The van der Waals surface area contributed by atoms with Crippen molar-refractivity contribution in [3.05, 3.63) is 12.2 Å².